The molecule has 12 heteroatoms. The third-order valence-corrected chi connectivity index (χ3v) is 9.93. The second-order valence-corrected chi connectivity index (χ2v) is 14.1. The van der Waals surface area contributed by atoms with Crippen LogP contribution >= 0.6 is 11.3 Å². The van der Waals surface area contributed by atoms with Crippen molar-refractivity contribution in [2.75, 3.05) is 6.61 Å². The van der Waals surface area contributed by atoms with E-state index in [2.05, 4.69) is 21.3 Å². The maximum Gasteiger partial charge on any atom is 0.326 e. The van der Waals surface area contributed by atoms with Gasteiger partial charge in [0.2, 0.25) is 17.7 Å². The third-order valence-electron chi connectivity index (χ3n) is 9.03. The van der Waals surface area contributed by atoms with Gasteiger partial charge < -0.3 is 31.1 Å². The zero-order valence-electron chi connectivity index (χ0n) is 29.3. The standard InChI is InChI=1S/C42H40N4O7S/c47-38-26-53-32-19-15-29(16-20-32)24-37(42(51)52)46-40(49)34(22-27-8-3-1-4-9-27)44-39(48)35(45-41(50)36(43-38)25-33-12-7-21-54-33)23-28-13-17-31(18-14-28)30-10-5-2-6-11-30/h1-21,34-37H,22-26H2,(H,43,47)(H,44,48)(H,45,50)(H,46,49)(H,51,52)/t34-,35+,36-,37-/m0/s1. The van der Waals surface area contributed by atoms with Crippen molar-refractivity contribution in [3.8, 4) is 16.9 Å². The minimum absolute atomic E-state index is 0.0457. The lowest BCUT2D eigenvalue weighted by Gasteiger charge is -2.26. The fourth-order valence-electron chi connectivity index (χ4n) is 6.17. The molecular formula is C42H40N4O7S. The Morgan fingerprint density at radius 2 is 1.17 bits per heavy atom. The van der Waals surface area contributed by atoms with Crippen LogP contribution in [0.1, 0.15) is 21.6 Å². The first-order chi connectivity index (χ1) is 26.2. The van der Waals surface area contributed by atoms with E-state index in [-0.39, 0.29) is 32.3 Å². The third kappa shape index (κ3) is 10.4. The molecule has 2 bridgehead atoms. The van der Waals surface area contributed by atoms with Gasteiger partial charge >= 0.3 is 5.97 Å². The normalized spacial score (nSPS) is 19.9. The summed E-state index contributed by atoms with van der Waals surface area (Å²) in [7, 11) is 0. The smallest absolute Gasteiger partial charge is 0.326 e. The molecule has 4 amide bonds. The number of hydrogen-bond donors (Lipinski definition) is 5. The highest BCUT2D eigenvalue weighted by atomic mass is 32.1. The number of aliphatic carboxylic acids is 1. The van der Waals surface area contributed by atoms with Gasteiger partial charge in [-0.1, -0.05) is 103 Å². The van der Waals surface area contributed by atoms with Crippen LogP contribution in [-0.4, -0.2) is 65.5 Å². The molecule has 0 fully saturated rings. The molecule has 0 saturated carbocycles. The molecule has 0 spiro atoms. The average molecular weight is 745 g/mol. The number of carboxylic acids is 1. The highest BCUT2D eigenvalue weighted by Gasteiger charge is 2.32. The Hall–Kier alpha value is -6.27. The van der Waals surface area contributed by atoms with Gasteiger partial charge in [-0.3, -0.25) is 19.2 Å². The number of hydrogen-bond acceptors (Lipinski definition) is 7. The van der Waals surface area contributed by atoms with E-state index in [1.807, 2.05) is 78.2 Å². The van der Waals surface area contributed by atoms with Crippen molar-refractivity contribution in [2.24, 2.45) is 0 Å². The van der Waals surface area contributed by atoms with Crippen LogP contribution in [0.4, 0.5) is 0 Å². The van der Waals surface area contributed by atoms with Crippen LogP contribution in [0.15, 0.2) is 127 Å². The van der Waals surface area contributed by atoms with E-state index in [1.165, 1.54) is 11.3 Å². The molecule has 0 aliphatic carbocycles. The highest BCUT2D eigenvalue weighted by Crippen LogP contribution is 2.21. The van der Waals surface area contributed by atoms with Gasteiger partial charge in [0.05, 0.1) is 0 Å². The molecule has 1 aromatic heterocycles. The largest absolute Gasteiger partial charge is 0.484 e. The monoisotopic (exact) mass is 744 g/mol. The summed E-state index contributed by atoms with van der Waals surface area (Å²) in [5.41, 5.74) is 4.06. The van der Waals surface area contributed by atoms with Crippen LogP contribution in [0, 0.1) is 0 Å². The number of carbonyl (C=O) groups is 5. The van der Waals surface area contributed by atoms with Gasteiger partial charge in [0.25, 0.3) is 5.91 Å². The fraction of sp³-hybridized carbons (Fsp3) is 0.214. The fourth-order valence-corrected chi connectivity index (χ4v) is 6.92. The van der Waals surface area contributed by atoms with Gasteiger partial charge in [-0.05, 0) is 51.4 Å². The molecule has 0 radical (unpaired) electrons. The molecule has 4 aromatic carbocycles. The summed E-state index contributed by atoms with van der Waals surface area (Å²) < 4.78 is 5.68. The number of carboxylic acid groups (broad SMARTS) is 1. The molecule has 2 aliphatic heterocycles. The topological polar surface area (TPSA) is 163 Å². The van der Waals surface area contributed by atoms with Crippen molar-refractivity contribution in [3.05, 3.63) is 148 Å². The number of thiophene rings is 1. The number of benzene rings is 4. The zero-order valence-corrected chi connectivity index (χ0v) is 30.1. The molecule has 54 heavy (non-hydrogen) atoms. The Labute approximate surface area is 316 Å². The molecular weight excluding hydrogens is 705 g/mol. The summed E-state index contributed by atoms with van der Waals surface area (Å²) in [5, 5.41) is 23.0. The Morgan fingerprint density at radius 1 is 0.611 bits per heavy atom. The van der Waals surface area contributed by atoms with Gasteiger partial charge in [-0.15, -0.1) is 11.3 Å². The number of amides is 4. The maximum absolute atomic E-state index is 14.3. The molecule has 0 unspecified atom stereocenters. The summed E-state index contributed by atoms with van der Waals surface area (Å²) in [6.45, 7) is -0.389. The van der Waals surface area contributed by atoms with Crippen molar-refractivity contribution in [3.63, 3.8) is 0 Å². The van der Waals surface area contributed by atoms with Crippen molar-refractivity contribution in [1.29, 1.82) is 0 Å². The first kappa shape index (κ1) is 37.5. The number of rotatable bonds is 8. The summed E-state index contributed by atoms with van der Waals surface area (Å²) in [6.07, 6.45) is 0.233. The molecule has 3 heterocycles. The van der Waals surface area contributed by atoms with Gasteiger partial charge in [-0.25, -0.2) is 4.79 Å². The first-order valence-electron chi connectivity index (χ1n) is 17.6. The SMILES string of the molecule is O=C1COc2ccc(cc2)C[C@@H](C(=O)O)NC(=O)[C@H](Cc2ccccc2)NC(=O)[C@@H](Cc2ccc(-c3ccccc3)cc2)NC(=O)[C@H](Cc2cccs2)N1. The summed E-state index contributed by atoms with van der Waals surface area (Å²) in [6, 6.07) is 31.9. The van der Waals surface area contributed by atoms with Crippen LogP contribution in [0.2, 0.25) is 0 Å². The lowest BCUT2D eigenvalue weighted by molar-refractivity contribution is -0.142. The summed E-state index contributed by atoms with van der Waals surface area (Å²) in [4.78, 5) is 68.6. The summed E-state index contributed by atoms with van der Waals surface area (Å²) in [5.74, 6) is -3.39. The Kier molecular flexibility index (Phi) is 12.5. The van der Waals surface area contributed by atoms with Crippen LogP contribution in [0.5, 0.6) is 5.75 Å². The Balaban J connectivity index is 1.34. The van der Waals surface area contributed by atoms with E-state index in [0.717, 1.165) is 27.1 Å². The van der Waals surface area contributed by atoms with Gasteiger partial charge in [0.1, 0.15) is 29.9 Å². The minimum Gasteiger partial charge on any atom is -0.484 e. The molecule has 0 saturated heterocycles. The van der Waals surface area contributed by atoms with Crippen molar-refractivity contribution < 1.29 is 33.8 Å². The van der Waals surface area contributed by atoms with Crippen molar-refractivity contribution in [2.45, 2.75) is 49.9 Å². The minimum atomic E-state index is -1.32. The lowest BCUT2D eigenvalue weighted by Crippen LogP contribution is -2.59. The van der Waals surface area contributed by atoms with Crippen LogP contribution in [0.25, 0.3) is 11.1 Å². The van der Waals surface area contributed by atoms with Gasteiger partial charge in [0.15, 0.2) is 6.61 Å². The number of carbonyl (C=O) groups excluding carboxylic acids is 4. The van der Waals surface area contributed by atoms with Crippen LogP contribution < -0.4 is 26.0 Å². The molecule has 276 valence electrons. The zero-order chi connectivity index (χ0) is 37.9. The average Bonchev–Trinajstić information content (AvgIpc) is 3.70. The molecule has 5 aromatic rings. The number of nitrogens with one attached hydrogen (secondary N) is 4. The van der Waals surface area contributed by atoms with Gasteiger partial charge in [0, 0.05) is 30.6 Å². The predicted molar refractivity (Wildman–Crippen MR) is 205 cm³/mol. The number of fused-ring (bicyclic) bond motifs is 16. The molecule has 11 nitrogen and oxygen atoms in total. The molecule has 7 rings (SSSR count). The van der Waals surface area contributed by atoms with Crippen LogP contribution in [-0.2, 0) is 49.7 Å². The molecule has 5 N–H and O–H groups in total. The number of ether oxygens (including phenoxy) is 1. The second-order valence-electron chi connectivity index (χ2n) is 13.0. The molecule has 4 atom stereocenters. The van der Waals surface area contributed by atoms with E-state index in [4.69, 9.17) is 4.74 Å². The van der Waals surface area contributed by atoms with Gasteiger partial charge in [-0.2, -0.15) is 0 Å². The highest BCUT2D eigenvalue weighted by molar-refractivity contribution is 7.09. The Morgan fingerprint density at radius 3 is 1.76 bits per heavy atom. The van der Waals surface area contributed by atoms with E-state index in [1.54, 1.807) is 48.5 Å². The molecule has 2 aliphatic rings. The summed E-state index contributed by atoms with van der Waals surface area (Å²) >= 11 is 1.43. The Bertz CT molecular complexity index is 2040. The first-order valence-corrected chi connectivity index (χ1v) is 18.4. The van der Waals surface area contributed by atoms with E-state index in [9.17, 15) is 29.1 Å². The van der Waals surface area contributed by atoms with Crippen molar-refractivity contribution >= 4 is 40.9 Å². The van der Waals surface area contributed by atoms with E-state index >= 15 is 0 Å². The van der Waals surface area contributed by atoms with E-state index < -0.39 is 53.8 Å². The second kappa shape index (κ2) is 18.0. The van der Waals surface area contributed by atoms with Crippen molar-refractivity contribution in [1.82, 2.24) is 21.3 Å². The van der Waals surface area contributed by atoms with E-state index in [0.29, 0.717) is 11.3 Å². The quantitative estimate of drug-likeness (QED) is 0.150. The predicted octanol–water partition coefficient (Wildman–Crippen LogP) is 4.10. The van der Waals surface area contributed by atoms with Crippen LogP contribution in [0.3, 0.4) is 0 Å². The lowest BCUT2D eigenvalue weighted by atomic mass is 9.99. The maximum atomic E-state index is 14.3.